The summed E-state index contributed by atoms with van der Waals surface area (Å²) in [5.41, 5.74) is 0.101. The highest BCUT2D eigenvalue weighted by Gasteiger charge is 2.23. The van der Waals surface area contributed by atoms with Gasteiger partial charge < -0.3 is 19.7 Å². The number of amides is 1. The van der Waals surface area contributed by atoms with Crippen LogP contribution in [0.15, 0.2) is 53.3 Å². The topological polar surface area (TPSA) is 82.6 Å². The molecule has 122 valence electrons. The number of aromatic hydroxyl groups is 1. The van der Waals surface area contributed by atoms with Crippen LogP contribution in [-0.4, -0.2) is 30.2 Å². The summed E-state index contributed by atoms with van der Waals surface area (Å²) in [6.45, 7) is 0. The van der Waals surface area contributed by atoms with Gasteiger partial charge in [0.2, 0.25) is 0 Å². The Labute approximate surface area is 137 Å². The lowest BCUT2D eigenvalue weighted by molar-refractivity contribution is 0.0989. The van der Waals surface area contributed by atoms with Crippen LogP contribution >= 0.6 is 0 Å². The number of pyridine rings is 1. The minimum Gasteiger partial charge on any atom is -0.506 e. The van der Waals surface area contributed by atoms with E-state index in [-0.39, 0.29) is 11.3 Å². The van der Waals surface area contributed by atoms with E-state index >= 15 is 0 Å². The van der Waals surface area contributed by atoms with Gasteiger partial charge in [0, 0.05) is 18.1 Å². The molecule has 24 heavy (non-hydrogen) atoms. The lowest BCUT2D eigenvalue weighted by atomic mass is 10.1. The lowest BCUT2D eigenvalue weighted by Gasteiger charge is -2.18. The van der Waals surface area contributed by atoms with Crippen LogP contribution in [0.5, 0.6) is 11.5 Å². The second-order valence-electron chi connectivity index (χ2n) is 5.29. The molecule has 0 atom stereocenters. The Kier molecular flexibility index (Phi) is 3.95. The van der Waals surface area contributed by atoms with E-state index in [1.165, 1.54) is 12.0 Å². The number of carbonyl (C=O) groups is 1. The van der Waals surface area contributed by atoms with E-state index in [2.05, 4.69) is 4.98 Å². The number of benzene rings is 2. The number of nitrogens with one attached hydrogen (secondary N) is 1. The molecule has 6 heteroatoms. The molecule has 0 radical (unpaired) electrons. The van der Waals surface area contributed by atoms with Crippen LogP contribution in [0.4, 0.5) is 5.69 Å². The predicted octanol–water partition coefficient (Wildman–Crippen LogP) is 2.52. The van der Waals surface area contributed by atoms with Crippen molar-refractivity contribution in [2.75, 3.05) is 19.1 Å². The standard InChI is InChI=1S/C18H16N2O4/c1-20(11-6-4-3-5-7-11)18(23)15-16(21)13-10-12(24-2)8-9-14(13)19-17(15)22/h3-10H,1-2H3,(H2,19,21,22). The second-order valence-corrected chi connectivity index (χ2v) is 5.29. The maximum absolute atomic E-state index is 12.7. The fourth-order valence-corrected chi connectivity index (χ4v) is 2.52. The summed E-state index contributed by atoms with van der Waals surface area (Å²) in [6.07, 6.45) is 0. The number of ether oxygens (including phenoxy) is 1. The van der Waals surface area contributed by atoms with E-state index in [1.807, 2.05) is 6.07 Å². The molecule has 0 saturated heterocycles. The largest absolute Gasteiger partial charge is 0.506 e. The Balaban J connectivity index is 2.15. The zero-order valence-electron chi connectivity index (χ0n) is 13.2. The van der Waals surface area contributed by atoms with Crippen LogP contribution in [0.3, 0.4) is 0 Å². The summed E-state index contributed by atoms with van der Waals surface area (Å²) in [5.74, 6) is -0.440. The number of H-pyrrole nitrogens is 1. The molecule has 0 aliphatic carbocycles. The van der Waals surface area contributed by atoms with Gasteiger partial charge >= 0.3 is 0 Å². The van der Waals surface area contributed by atoms with Crippen molar-refractivity contribution in [1.29, 1.82) is 0 Å². The number of methoxy groups -OCH3 is 1. The monoisotopic (exact) mass is 324 g/mol. The highest BCUT2D eigenvalue weighted by Crippen LogP contribution is 2.29. The van der Waals surface area contributed by atoms with Crippen molar-refractivity contribution < 1.29 is 14.6 Å². The average Bonchev–Trinajstić information content (AvgIpc) is 2.61. The Morgan fingerprint density at radius 3 is 2.54 bits per heavy atom. The van der Waals surface area contributed by atoms with Gasteiger partial charge in [0.05, 0.1) is 12.6 Å². The Bertz CT molecular complexity index is 964. The quantitative estimate of drug-likeness (QED) is 0.775. The number of aromatic amines is 1. The normalized spacial score (nSPS) is 10.6. The van der Waals surface area contributed by atoms with E-state index in [0.717, 1.165) is 0 Å². The first kappa shape index (κ1) is 15.6. The van der Waals surface area contributed by atoms with Crippen molar-refractivity contribution in [2.45, 2.75) is 0 Å². The minimum atomic E-state index is -0.641. The maximum atomic E-state index is 12.7. The number of rotatable bonds is 3. The summed E-state index contributed by atoms with van der Waals surface area (Å²) in [6, 6.07) is 13.7. The van der Waals surface area contributed by atoms with E-state index in [0.29, 0.717) is 22.3 Å². The second kappa shape index (κ2) is 6.08. The number of hydrogen-bond acceptors (Lipinski definition) is 4. The first-order chi connectivity index (χ1) is 11.5. The number of fused-ring (bicyclic) bond motifs is 1. The number of carbonyl (C=O) groups excluding carboxylic acids is 1. The van der Waals surface area contributed by atoms with Gasteiger partial charge in [-0.1, -0.05) is 18.2 Å². The van der Waals surface area contributed by atoms with Crippen molar-refractivity contribution in [2.24, 2.45) is 0 Å². The average molecular weight is 324 g/mol. The number of hydrogen-bond donors (Lipinski definition) is 2. The predicted molar refractivity (Wildman–Crippen MR) is 92.0 cm³/mol. The summed E-state index contributed by atoms with van der Waals surface area (Å²) in [7, 11) is 3.05. The molecule has 6 nitrogen and oxygen atoms in total. The van der Waals surface area contributed by atoms with Crippen molar-refractivity contribution >= 4 is 22.5 Å². The van der Waals surface area contributed by atoms with Crippen LogP contribution in [-0.2, 0) is 0 Å². The molecule has 1 amide bonds. The molecule has 0 bridgehead atoms. The highest BCUT2D eigenvalue weighted by atomic mass is 16.5. The summed E-state index contributed by atoms with van der Waals surface area (Å²) < 4.78 is 5.13. The first-order valence-corrected chi connectivity index (χ1v) is 7.29. The highest BCUT2D eigenvalue weighted by molar-refractivity contribution is 6.10. The van der Waals surface area contributed by atoms with Crippen molar-refractivity contribution in [1.82, 2.24) is 4.98 Å². The van der Waals surface area contributed by atoms with E-state index < -0.39 is 11.5 Å². The van der Waals surface area contributed by atoms with E-state index in [1.54, 1.807) is 49.5 Å². The van der Waals surface area contributed by atoms with Gasteiger partial charge in [-0.3, -0.25) is 9.59 Å². The van der Waals surface area contributed by atoms with Gasteiger partial charge in [0.1, 0.15) is 17.1 Å². The zero-order valence-corrected chi connectivity index (χ0v) is 13.2. The van der Waals surface area contributed by atoms with Gasteiger partial charge in [0.15, 0.2) is 0 Å². The molecule has 3 aromatic rings. The third-order valence-corrected chi connectivity index (χ3v) is 3.86. The first-order valence-electron chi connectivity index (χ1n) is 7.29. The van der Waals surface area contributed by atoms with Crippen molar-refractivity contribution in [3.05, 3.63) is 64.4 Å². The molecule has 2 aromatic carbocycles. The van der Waals surface area contributed by atoms with Gasteiger partial charge in [-0.2, -0.15) is 0 Å². The van der Waals surface area contributed by atoms with Crippen LogP contribution in [0.2, 0.25) is 0 Å². The minimum absolute atomic E-state index is 0.304. The molecule has 1 heterocycles. The van der Waals surface area contributed by atoms with Gasteiger partial charge in [0.25, 0.3) is 11.5 Å². The van der Waals surface area contributed by atoms with Gasteiger partial charge in [-0.05, 0) is 30.3 Å². The molecular formula is C18H16N2O4. The summed E-state index contributed by atoms with van der Waals surface area (Å²) in [5, 5.41) is 10.8. The molecule has 0 fully saturated rings. The molecule has 0 aliphatic rings. The number of para-hydroxylation sites is 1. The van der Waals surface area contributed by atoms with Crippen molar-refractivity contribution in [3.8, 4) is 11.5 Å². The molecule has 1 aromatic heterocycles. The third-order valence-electron chi connectivity index (χ3n) is 3.86. The lowest BCUT2D eigenvalue weighted by Crippen LogP contribution is -2.31. The Morgan fingerprint density at radius 1 is 1.17 bits per heavy atom. The van der Waals surface area contributed by atoms with Crippen molar-refractivity contribution in [3.63, 3.8) is 0 Å². The smallest absolute Gasteiger partial charge is 0.267 e. The number of anilines is 1. The molecule has 2 N–H and O–H groups in total. The number of aromatic nitrogens is 1. The molecule has 0 aliphatic heterocycles. The van der Waals surface area contributed by atoms with E-state index in [4.69, 9.17) is 4.74 Å². The Morgan fingerprint density at radius 2 is 1.88 bits per heavy atom. The van der Waals surface area contributed by atoms with Gasteiger partial charge in [-0.25, -0.2) is 0 Å². The molecular weight excluding hydrogens is 308 g/mol. The zero-order chi connectivity index (χ0) is 17.3. The summed E-state index contributed by atoms with van der Waals surface area (Å²) in [4.78, 5) is 28.9. The molecule has 0 saturated carbocycles. The van der Waals surface area contributed by atoms with Crippen LogP contribution < -0.4 is 15.2 Å². The maximum Gasteiger partial charge on any atom is 0.267 e. The molecule has 3 rings (SSSR count). The number of nitrogens with zero attached hydrogens (tertiary/aromatic N) is 1. The fraction of sp³-hybridized carbons (Fsp3) is 0.111. The SMILES string of the molecule is COc1ccc2[nH]c(=O)c(C(=O)N(C)c3ccccc3)c(O)c2c1. The Hall–Kier alpha value is -3.28. The van der Waals surface area contributed by atoms with E-state index in [9.17, 15) is 14.7 Å². The molecule has 0 unspecified atom stereocenters. The summed E-state index contributed by atoms with van der Waals surface area (Å²) >= 11 is 0. The van der Waals surface area contributed by atoms with Crippen LogP contribution in [0.25, 0.3) is 10.9 Å². The van der Waals surface area contributed by atoms with Crippen LogP contribution in [0.1, 0.15) is 10.4 Å². The fourth-order valence-electron chi connectivity index (χ4n) is 2.52. The third kappa shape index (κ3) is 2.58. The van der Waals surface area contributed by atoms with Gasteiger partial charge in [-0.15, -0.1) is 0 Å². The molecule has 0 spiro atoms. The van der Waals surface area contributed by atoms with Crippen LogP contribution in [0, 0.1) is 0 Å².